The summed E-state index contributed by atoms with van der Waals surface area (Å²) in [6, 6.07) is 5.80. The molecule has 0 aromatic heterocycles. The molecule has 0 radical (unpaired) electrons. The van der Waals surface area contributed by atoms with Crippen LogP contribution in [0.1, 0.15) is 43.7 Å². The van der Waals surface area contributed by atoms with E-state index in [1.54, 1.807) is 0 Å². The number of hydrogen-bond donors (Lipinski definition) is 2. The molecule has 0 saturated carbocycles. The van der Waals surface area contributed by atoms with E-state index in [-0.39, 0.29) is 18.9 Å². The lowest BCUT2D eigenvalue weighted by atomic mass is 9.98. The predicted molar refractivity (Wildman–Crippen MR) is 80.6 cm³/mol. The molecule has 0 aliphatic heterocycles. The third-order valence-electron chi connectivity index (χ3n) is 3.12. The zero-order valence-electron chi connectivity index (χ0n) is 12.8. The van der Waals surface area contributed by atoms with Crippen molar-refractivity contribution in [2.24, 2.45) is 0 Å². The summed E-state index contributed by atoms with van der Waals surface area (Å²) in [7, 11) is 0. The van der Waals surface area contributed by atoms with E-state index in [1.807, 2.05) is 25.1 Å². The van der Waals surface area contributed by atoms with Gasteiger partial charge >= 0.3 is 5.97 Å². The highest BCUT2D eigenvalue weighted by Gasteiger charge is 2.07. The van der Waals surface area contributed by atoms with E-state index in [4.69, 9.17) is 9.84 Å². The van der Waals surface area contributed by atoms with Gasteiger partial charge in [-0.05, 0) is 42.5 Å². The highest BCUT2D eigenvalue weighted by Crippen LogP contribution is 2.23. The number of rotatable bonds is 8. The quantitative estimate of drug-likeness (QED) is 0.722. The number of nitrogens with one attached hydrogen (secondary N) is 1. The first-order chi connectivity index (χ1) is 9.90. The lowest BCUT2D eigenvalue weighted by Gasteiger charge is -2.12. The lowest BCUT2D eigenvalue weighted by Crippen LogP contribution is -2.29. The van der Waals surface area contributed by atoms with E-state index < -0.39 is 5.97 Å². The van der Waals surface area contributed by atoms with E-state index in [9.17, 15) is 9.59 Å². The van der Waals surface area contributed by atoms with Gasteiger partial charge in [-0.1, -0.05) is 19.9 Å². The Balaban J connectivity index is 2.36. The van der Waals surface area contributed by atoms with Crippen molar-refractivity contribution >= 4 is 11.9 Å². The maximum absolute atomic E-state index is 11.5. The summed E-state index contributed by atoms with van der Waals surface area (Å²) in [5.41, 5.74) is 2.41. The summed E-state index contributed by atoms with van der Waals surface area (Å²) in [6.07, 6.45) is 0.472. The molecule has 0 bridgehead atoms. The zero-order chi connectivity index (χ0) is 15.8. The number of carboxylic acids is 1. The Kier molecular flexibility index (Phi) is 6.72. The Morgan fingerprint density at radius 3 is 2.62 bits per heavy atom. The van der Waals surface area contributed by atoms with Gasteiger partial charge in [-0.2, -0.15) is 0 Å². The minimum absolute atomic E-state index is 0.0526. The Hall–Kier alpha value is -2.04. The van der Waals surface area contributed by atoms with Gasteiger partial charge in [-0.3, -0.25) is 9.59 Å². The second-order valence-corrected chi connectivity index (χ2v) is 5.31. The fraction of sp³-hybridized carbons (Fsp3) is 0.500. The van der Waals surface area contributed by atoms with Gasteiger partial charge in [0.25, 0.3) is 5.91 Å². The van der Waals surface area contributed by atoms with Gasteiger partial charge in [-0.25, -0.2) is 0 Å². The SMILES string of the molecule is Cc1cc(OCC(=O)NCCCC(=O)O)ccc1C(C)C. The molecule has 1 aromatic carbocycles. The zero-order valence-corrected chi connectivity index (χ0v) is 12.8. The van der Waals surface area contributed by atoms with Crippen LogP contribution in [0.3, 0.4) is 0 Å². The van der Waals surface area contributed by atoms with Crippen LogP contribution in [0.2, 0.25) is 0 Å². The van der Waals surface area contributed by atoms with Crippen LogP contribution < -0.4 is 10.1 Å². The minimum atomic E-state index is -0.860. The molecule has 0 atom stereocenters. The topological polar surface area (TPSA) is 75.6 Å². The van der Waals surface area contributed by atoms with Crippen molar-refractivity contribution in [1.29, 1.82) is 0 Å². The summed E-state index contributed by atoms with van der Waals surface area (Å²) in [4.78, 5) is 21.9. The fourth-order valence-electron chi connectivity index (χ4n) is 2.05. The second-order valence-electron chi connectivity index (χ2n) is 5.31. The number of carbonyl (C=O) groups is 2. The molecule has 0 aliphatic carbocycles. The van der Waals surface area contributed by atoms with E-state index in [2.05, 4.69) is 19.2 Å². The maximum atomic E-state index is 11.5. The van der Waals surface area contributed by atoms with Gasteiger partial charge in [0.2, 0.25) is 0 Å². The number of benzene rings is 1. The Labute approximate surface area is 125 Å². The van der Waals surface area contributed by atoms with Crippen LogP contribution in [0.25, 0.3) is 0 Å². The average Bonchev–Trinajstić information content (AvgIpc) is 2.40. The number of carbonyl (C=O) groups excluding carboxylic acids is 1. The number of ether oxygens (including phenoxy) is 1. The minimum Gasteiger partial charge on any atom is -0.484 e. The van der Waals surface area contributed by atoms with Crippen molar-refractivity contribution in [3.05, 3.63) is 29.3 Å². The first kappa shape index (κ1) is 17.0. The van der Waals surface area contributed by atoms with Crippen LogP contribution in [-0.2, 0) is 9.59 Å². The third kappa shape index (κ3) is 6.29. The fourth-order valence-corrected chi connectivity index (χ4v) is 2.05. The van der Waals surface area contributed by atoms with Gasteiger partial charge in [-0.15, -0.1) is 0 Å². The molecule has 1 rings (SSSR count). The normalized spacial score (nSPS) is 10.5. The molecule has 21 heavy (non-hydrogen) atoms. The predicted octanol–water partition coefficient (Wildman–Crippen LogP) is 2.48. The van der Waals surface area contributed by atoms with Crippen molar-refractivity contribution < 1.29 is 19.4 Å². The molecule has 0 spiro atoms. The third-order valence-corrected chi connectivity index (χ3v) is 3.12. The summed E-state index contributed by atoms with van der Waals surface area (Å²) in [6.45, 7) is 6.57. The number of amides is 1. The first-order valence-electron chi connectivity index (χ1n) is 7.12. The molecule has 0 aliphatic rings. The average molecular weight is 293 g/mol. The molecule has 1 amide bonds. The van der Waals surface area contributed by atoms with Gasteiger partial charge in [0.1, 0.15) is 5.75 Å². The molecular formula is C16H23NO4. The molecule has 0 fully saturated rings. The van der Waals surface area contributed by atoms with Gasteiger partial charge in [0.15, 0.2) is 6.61 Å². The Morgan fingerprint density at radius 2 is 2.05 bits per heavy atom. The van der Waals surface area contributed by atoms with Gasteiger partial charge in [0.05, 0.1) is 0 Å². The highest BCUT2D eigenvalue weighted by molar-refractivity contribution is 5.77. The van der Waals surface area contributed by atoms with E-state index in [0.29, 0.717) is 24.6 Å². The van der Waals surface area contributed by atoms with Crippen molar-refractivity contribution in [2.75, 3.05) is 13.2 Å². The van der Waals surface area contributed by atoms with Crippen LogP contribution in [-0.4, -0.2) is 30.1 Å². The number of aliphatic carboxylic acids is 1. The monoisotopic (exact) mass is 293 g/mol. The van der Waals surface area contributed by atoms with Crippen molar-refractivity contribution in [3.8, 4) is 5.75 Å². The summed E-state index contributed by atoms with van der Waals surface area (Å²) in [5.74, 6) is 0.0152. The molecule has 0 saturated heterocycles. The molecule has 116 valence electrons. The molecular weight excluding hydrogens is 270 g/mol. The number of aryl methyl sites for hydroxylation is 1. The van der Waals surface area contributed by atoms with Crippen LogP contribution in [0.5, 0.6) is 5.75 Å². The Bertz CT molecular complexity index is 497. The molecule has 1 aromatic rings. The van der Waals surface area contributed by atoms with Gasteiger partial charge in [0, 0.05) is 13.0 Å². The Morgan fingerprint density at radius 1 is 1.33 bits per heavy atom. The molecule has 0 unspecified atom stereocenters. The van der Waals surface area contributed by atoms with Crippen LogP contribution in [0.4, 0.5) is 0 Å². The lowest BCUT2D eigenvalue weighted by molar-refractivity contribution is -0.137. The second kappa shape index (κ2) is 8.29. The molecule has 5 nitrogen and oxygen atoms in total. The smallest absolute Gasteiger partial charge is 0.303 e. The van der Waals surface area contributed by atoms with Crippen molar-refractivity contribution in [2.45, 2.75) is 39.5 Å². The first-order valence-corrected chi connectivity index (χ1v) is 7.12. The van der Waals surface area contributed by atoms with Crippen LogP contribution >= 0.6 is 0 Å². The summed E-state index contributed by atoms with van der Waals surface area (Å²) < 4.78 is 5.43. The standard InChI is InChI=1S/C16H23NO4/c1-11(2)14-7-6-13(9-12(14)3)21-10-15(18)17-8-4-5-16(19)20/h6-7,9,11H,4-5,8,10H2,1-3H3,(H,17,18)(H,19,20). The van der Waals surface area contributed by atoms with Crippen LogP contribution in [0.15, 0.2) is 18.2 Å². The van der Waals surface area contributed by atoms with Crippen LogP contribution in [0, 0.1) is 6.92 Å². The van der Waals surface area contributed by atoms with E-state index in [0.717, 1.165) is 5.56 Å². The maximum Gasteiger partial charge on any atom is 0.303 e. The van der Waals surface area contributed by atoms with E-state index >= 15 is 0 Å². The van der Waals surface area contributed by atoms with Crippen molar-refractivity contribution in [3.63, 3.8) is 0 Å². The summed E-state index contributed by atoms with van der Waals surface area (Å²) in [5, 5.41) is 11.1. The van der Waals surface area contributed by atoms with Crippen molar-refractivity contribution in [1.82, 2.24) is 5.32 Å². The number of carboxylic acid groups (broad SMARTS) is 1. The molecule has 5 heteroatoms. The highest BCUT2D eigenvalue weighted by atomic mass is 16.5. The van der Waals surface area contributed by atoms with E-state index in [1.165, 1.54) is 5.56 Å². The largest absolute Gasteiger partial charge is 0.484 e. The van der Waals surface area contributed by atoms with Gasteiger partial charge < -0.3 is 15.2 Å². The molecule has 2 N–H and O–H groups in total. The summed E-state index contributed by atoms with van der Waals surface area (Å²) >= 11 is 0. The molecule has 0 heterocycles. The number of hydrogen-bond acceptors (Lipinski definition) is 3.